The second kappa shape index (κ2) is 44.6. The largest absolute Gasteiger partial charge is 0.472 e. The molecule has 0 aromatic heterocycles. The SMILES string of the molecule is CCCCC/C=C\C/C=C\C/C=C\CCCCCCCCCOCC(COP(=O)(O)OCCN)OC(=O)CCCCCCCCC/C=C\CCCCCCCC. The van der Waals surface area contributed by atoms with Gasteiger partial charge in [-0.3, -0.25) is 13.8 Å². The molecular weight excluding hydrogens is 721 g/mol. The number of nitrogens with two attached hydrogens (primary N) is 1. The Hall–Kier alpha value is -1.54. The summed E-state index contributed by atoms with van der Waals surface area (Å²) < 4.78 is 33.5. The number of hydrogen-bond acceptors (Lipinski definition) is 7. The lowest BCUT2D eigenvalue weighted by atomic mass is 10.1. The van der Waals surface area contributed by atoms with Crippen LogP contribution in [0.3, 0.4) is 0 Å². The highest BCUT2D eigenvalue weighted by Crippen LogP contribution is 2.43. The van der Waals surface area contributed by atoms with Crippen LogP contribution in [0.25, 0.3) is 0 Å². The van der Waals surface area contributed by atoms with Gasteiger partial charge in [-0.15, -0.1) is 0 Å². The number of carbonyl (C=O) groups excluding carboxylic acids is 1. The molecule has 0 aliphatic carbocycles. The summed E-state index contributed by atoms with van der Waals surface area (Å²) in [4.78, 5) is 22.5. The van der Waals surface area contributed by atoms with Crippen molar-refractivity contribution < 1.29 is 32.8 Å². The van der Waals surface area contributed by atoms with Crippen LogP contribution in [0.15, 0.2) is 48.6 Å². The van der Waals surface area contributed by atoms with Crippen molar-refractivity contribution in [2.75, 3.05) is 33.0 Å². The molecule has 0 aliphatic heterocycles. The smallest absolute Gasteiger partial charge is 0.457 e. The van der Waals surface area contributed by atoms with Crippen molar-refractivity contribution in [3.63, 3.8) is 0 Å². The lowest BCUT2D eigenvalue weighted by molar-refractivity contribution is -0.154. The molecule has 0 saturated carbocycles. The second-order valence-electron chi connectivity index (χ2n) is 15.3. The van der Waals surface area contributed by atoms with Gasteiger partial charge in [0.25, 0.3) is 0 Å². The summed E-state index contributed by atoms with van der Waals surface area (Å²) in [6, 6.07) is 0. The molecule has 0 radical (unpaired) electrons. The number of phosphoric ester groups is 1. The Morgan fingerprint density at radius 1 is 0.536 bits per heavy atom. The van der Waals surface area contributed by atoms with Crippen molar-refractivity contribution >= 4 is 13.8 Å². The number of hydrogen-bond donors (Lipinski definition) is 2. The van der Waals surface area contributed by atoms with Crippen LogP contribution >= 0.6 is 7.82 Å². The molecule has 9 heteroatoms. The van der Waals surface area contributed by atoms with Crippen molar-refractivity contribution in [3.05, 3.63) is 48.6 Å². The molecule has 56 heavy (non-hydrogen) atoms. The molecule has 2 unspecified atom stereocenters. The second-order valence-corrected chi connectivity index (χ2v) is 16.7. The molecular formula is C47H88NO7P. The van der Waals surface area contributed by atoms with Gasteiger partial charge in [-0.2, -0.15) is 0 Å². The van der Waals surface area contributed by atoms with E-state index in [4.69, 9.17) is 24.3 Å². The molecule has 8 nitrogen and oxygen atoms in total. The van der Waals surface area contributed by atoms with E-state index < -0.39 is 13.9 Å². The number of ether oxygens (including phenoxy) is 2. The van der Waals surface area contributed by atoms with Gasteiger partial charge >= 0.3 is 13.8 Å². The summed E-state index contributed by atoms with van der Waals surface area (Å²) in [7, 11) is -4.28. The first kappa shape index (κ1) is 54.5. The van der Waals surface area contributed by atoms with Crippen molar-refractivity contribution in [2.45, 2.75) is 213 Å². The first-order valence-electron chi connectivity index (χ1n) is 23.1. The Balaban J connectivity index is 4.03. The zero-order valence-electron chi connectivity index (χ0n) is 36.4. The fraction of sp³-hybridized carbons (Fsp3) is 0.809. The first-order valence-corrected chi connectivity index (χ1v) is 24.6. The third-order valence-electron chi connectivity index (χ3n) is 9.72. The molecule has 0 spiro atoms. The monoisotopic (exact) mass is 810 g/mol. The van der Waals surface area contributed by atoms with Gasteiger partial charge in [-0.05, 0) is 77.0 Å². The van der Waals surface area contributed by atoms with Crippen LogP contribution in [-0.4, -0.2) is 49.9 Å². The van der Waals surface area contributed by atoms with E-state index in [-0.39, 0.29) is 32.3 Å². The third kappa shape index (κ3) is 43.6. The average Bonchev–Trinajstić information content (AvgIpc) is 3.19. The molecule has 0 heterocycles. The number of rotatable bonds is 44. The Morgan fingerprint density at radius 2 is 0.946 bits per heavy atom. The van der Waals surface area contributed by atoms with Gasteiger partial charge in [-0.25, -0.2) is 4.57 Å². The van der Waals surface area contributed by atoms with Gasteiger partial charge in [0.2, 0.25) is 0 Å². The molecule has 3 N–H and O–H groups in total. The van der Waals surface area contributed by atoms with E-state index in [0.717, 1.165) is 51.4 Å². The topological polar surface area (TPSA) is 117 Å². The van der Waals surface area contributed by atoms with E-state index in [9.17, 15) is 14.3 Å². The van der Waals surface area contributed by atoms with E-state index >= 15 is 0 Å². The van der Waals surface area contributed by atoms with Crippen LogP contribution in [-0.2, 0) is 27.9 Å². The third-order valence-corrected chi connectivity index (χ3v) is 10.7. The summed E-state index contributed by atoms with van der Waals surface area (Å²) in [5.41, 5.74) is 5.38. The minimum Gasteiger partial charge on any atom is -0.457 e. The number of esters is 1. The van der Waals surface area contributed by atoms with Crippen LogP contribution in [0.5, 0.6) is 0 Å². The fourth-order valence-corrected chi connectivity index (χ4v) is 7.06. The van der Waals surface area contributed by atoms with Crippen LogP contribution in [0.2, 0.25) is 0 Å². The lowest BCUT2D eigenvalue weighted by Gasteiger charge is -2.20. The number of unbranched alkanes of at least 4 members (excludes halogenated alkanes) is 23. The normalized spacial score (nSPS) is 13.9. The van der Waals surface area contributed by atoms with E-state index in [1.54, 1.807) is 0 Å². The zero-order valence-corrected chi connectivity index (χ0v) is 37.3. The Kier molecular flexibility index (Phi) is 43.3. The first-order chi connectivity index (χ1) is 27.4. The molecule has 0 bridgehead atoms. The van der Waals surface area contributed by atoms with E-state index in [1.165, 1.54) is 135 Å². The summed E-state index contributed by atoms with van der Waals surface area (Å²) in [5.74, 6) is -0.339. The molecule has 328 valence electrons. The highest BCUT2D eigenvalue weighted by Gasteiger charge is 2.25. The minimum atomic E-state index is -4.28. The Bertz CT molecular complexity index is 999. The maximum Gasteiger partial charge on any atom is 0.472 e. The number of phosphoric acid groups is 1. The highest BCUT2D eigenvalue weighted by molar-refractivity contribution is 7.47. The molecule has 0 fully saturated rings. The molecule has 0 aliphatic rings. The van der Waals surface area contributed by atoms with Gasteiger partial charge in [-0.1, -0.05) is 172 Å². The van der Waals surface area contributed by atoms with Crippen molar-refractivity contribution in [1.29, 1.82) is 0 Å². The van der Waals surface area contributed by atoms with E-state index in [1.807, 2.05) is 0 Å². The van der Waals surface area contributed by atoms with Crippen molar-refractivity contribution in [1.82, 2.24) is 0 Å². The molecule has 0 saturated heterocycles. The highest BCUT2D eigenvalue weighted by atomic mass is 31.2. The summed E-state index contributed by atoms with van der Waals surface area (Å²) in [6.07, 6.45) is 52.7. The Labute approximate surface area is 345 Å². The summed E-state index contributed by atoms with van der Waals surface area (Å²) in [6.45, 7) is 4.87. The predicted octanol–water partition coefficient (Wildman–Crippen LogP) is 14.0. The van der Waals surface area contributed by atoms with E-state index in [0.29, 0.717) is 13.0 Å². The van der Waals surface area contributed by atoms with Crippen molar-refractivity contribution in [2.24, 2.45) is 5.73 Å². The molecule has 0 amide bonds. The number of allylic oxidation sites excluding steroid dienone is 8. The maximum atomic E-state index is 12.6. The summed E-state index contributed by atoms with van der Waals surface area (Å²) >= 11 is 0. The number of carbonyl (C=O) groups is 1. The van der Waals surface area contributed by atoms with Gasteiger partial charge in [0.05, 0.1) is 19.8 Å². The van der Waals surface area contributed by atoms with Crippen LogP contribution in [0, 0.1) is 0 Å². The minimum absolute atomic E-state index is 0.0966. The molecule has 0 aromatic rings. The van der Waals surface area contributed by atoms with Gasteiger partial charge in [0.1, 0.15) is 6.10 Å². The maximum absolute atomic E-state index is 12.6. The lowest BCUT2D eigenvalue weighted by Crippen LogP contribution is -2.28. The molecule has 2 atom stereocenters. The average molecular weight is 810 g/mol. The molecule has 0 rings (SSSR count). The summed E-state index contributed by atoms with van der Waals surface area (Å²) in [5, 5.41) is 0. The fourth-order valence-electron chi connectivity index (χ4n) is 6.29. The van der Waals surface area contributed by atoms with Crippen LogP contribution < -0.4 is 5.73 Å². The zero-order chi connectivity index (χ0) is 40.9. The standard InChI is InChI=1S/C47H88NO7P/c1-3-5-7-9-11-13-15-17-19-21-22-23-25-27-29-31-33-35-37-39-42-52-44-46(45-54-56(50,51)53-43-41-48)55-47(49)40-38-36-34-32-30-28-26-24-20-18-16-14-12-10-8-6-4-2/h11,13,17-20,22-23,46H,3-10,12,14-16,21,24-45,48H2,1-2H3,(H,50,51)/b13-11-,19-17-,20-18-,23-22-. The van der Waals surface area contributed by atoms with E-state index in [2.05, 4.69) is 62.5 Å². The Morgan fingerprint density at radius 3 is 1.46 bits per heavy atom. The van der Waals surface area contributed by atoms with Crippen LogP contribution in [0.1, 0.15) is 206 Å². The van der Waals surface area contributed by atoms with Gasteiger partial charge in [0, 0.05) is 19.6 Å². The predicted molar refractivity (Wildman–Crippen MR) is 238 cm³/mol. The van der Waals surface area contributed by atoms with Crippen molar-refractivity contribution in [3.8, 4) is 0 Å². The van der Waals surface area contributed by atoms with Gasteiger partial charge < -0.3 is 20.1 Å². The van der Waals surface area contributed by atoms with Crippen LogP contribution in [0.4, 0.5) is 0 Å². The molecule has 0 aromatic carbocycles. The quantitative estimate of drug-likeness (QED) is 0.0270. The van der Waals surface area contributed by atoms with Gasteiger partial charge in [0.15, 0.2) is 0 Å².